The van der Waals surface area contributed by atoms with E-state index in [9.17, 15) is 28.8 Å². The number of rotatable bonds is 30. The fourth-order valence-corrected chi connectivity index (χ4v) is 10.3. The van der Waals surface area contributed by atoms with Gasteiger partial charge in [-0.3, -0.25) is 28.9 Å². The summed E-state index contributed by atoms with van der Waals surface area (Å²) in [5, 5.41) is 16.1. The number of hydrogen-bond acceptors (Lipinski definition) is 10. The van der Waals surface area contributed by atoms with Crippen molar-refractivity contribution in [2.75, 3.05) is 34.4 Å². The van der Waals surface area contributed by atoms with Gasteiger partial charge in [-0.15, -0.1) is 0 Å². The first-order chi connectivity index (χ1) is 33.3. The number of para-hydroxylation sites is 1. The Hall–Kier alpha value is -5.12. The monoisotopic (exact) mass is 974 g/mol. The van der Waals surface area contributed by atoms with Gasteiger partial charge in [0.25, 0.3) is 0 Å². The number of esters is 1. The number of H-pyrrole nitrogens is 1. The van der Waals surface area contributed by atoms with Crippen molar-refractivity contribution in [2.24, 2.45) is 35.5 Å². The zero-order chi connectivity index (χ0) is 51.7. The number of carbonyl (C=O) groups is 6. The SMILES string of the molecule is CC[C@H](C)[C@H](CCC(C)C(=O)[C@@H](NC(=O)[C@H](C(C)C)N(C)CCCC(=O)O)C(C)C)[C@@H](CC(=O)N1CCC[C@H]1[C@H](OC)[C@@H](C)C(=O)N[C@@H](Cc1c[nH]c2ccccc12)C(=O)OCc1ccccc1)OC. The third-order valence-electron chi connectivity index (χ3n) is 14.6. The predicted molar refractivity (Wildman–Crippen MR) is 272 cm³/mol. The van der Waals surface area contributed by atoms with E-state index in [1.165, 1.54) is 0 Å². The molecule has 4 rings (SSSR count). The van der Waals surface area contributed by atoms with Crippen LogP contribution in [0.4, 0.5) is 0 Å². The minimum absolute atomic E-state index is 0.0107. The molecule has 3 amide bonds. The van der Waals surface area contributed by atoms with Crippen molar-refractivity contribution in [3.8, 4) is 0 Å². The topological polar surface area (TPSA) is 197 Å². The minimum atomic E-state index is -0.989. The molecule has 1 saturated heterocycles. The Morgan fingerprint density at radius 2 is 1.56 bits per heavy atom. The maximum absolute atomic E-state index is 14.4. The second kappa shape index (κ2) is 28.1. The van der Waals surface area contributed by atoms with Crippen LogP contribution in [0, 0.1) is 35.5 Å². The van der Waals surface area contributed by atoms with Crippen molar-refractivity contribution < 1.29 is 48.1 Å². The van der Waals surface area contributed by atoms with Crippen LogP contribution < -0.4 is 10.6 Å². The van der Waals surface area contributed by atoms with E-state index in [2.05, 4.69) is 29.5 Å². The zero-order valence-electron chi connectivity index (χ0n) is 43.7. The summed E-state index contributed by atoms with van der Waals surface area (Å²) < 4.78 is 18.0. The van der Waals surface area contributed by atoms with Crippen LogP contribution in [0.3, 0.4) is 0 Å². The summed E-state index contributed by atoms with van der Waals surface area (Å²) >= 11 is 0. The van der Waals surface area contributed by atoms with Crippen LogP contribution >= 0.6 is 0 Å². The number of carboxylic acids is 1. The number of hydrogen-bond donors (Lipinski definition) is 4. The number of ether oxygens (including phenoxy) is 3. The van der Waals surface area contributed by atoms with Crippen LogP contribution in [0.15, 0.2) is 60.8 Å². The van der Waals surface area contributed by atoms with Gasteiger partial charge in [0, 0.05) is 56.6 Å². The molecule has 15 heteroatoms. The number of aromatic nitrogens is 1. The Morgan fingerprint density at radius 3 is 2.19 bits per heavy atom. The highest BCUT2D eigenvalue weighted by Gasteiger charge is 2.42. The van der Waals surface area contributed by atoms with E-state index in [1.807, 2.05) is 112 Å². The largest absolute Gasteiger partial charge is 0.481 e. The molecule has 0 spiro atoms. The first kappa shape index (κ1) is 57.5. The molecule has 15 nitrogen and oxygen atoms in total. The maximum atomic E-state index is 14.4. The number of carbonyl (C=O) groups excluding carboxylic acids is 5. The predicted octanol–water partition coefficient (Wildman–Crippen LogP) is 7.60. The molecule has 1 aliphatic heterocycles. The molecule has 0 radical (unpaired) electrons. The van der Waals surface area contributed by atoms with Gasteiger partial charge in [-0.2, -0.15) is 0 Å². The van der Waals surface area contributed by atoms with E-state index in [0.29, 0.717) is 38.8 Å². The summed E-state index contributed by atoms with van der Waals surface area (Å²) in [6.45, 7) is 16.6. The lowest BCUT2D eigenvalue weighted by molar-refractivity contribution is -0.150. The van der Waals surface area contributed by atoms with Crippen LogP contribution in [-0.2, 0) is 56.0 Å². The van der Waals surface area contributed by atoms with Crippen molar-refractivity contribution in [1.29, 1.82) is 0 Å². The highest BCUT2D eigenvalue weighted by Crippen LogP contribution is 2.33. The number of amides is 3. The normalized spacial score (nSPS) is 17.9. The summed E-state index contributed by atoms with van der Waals surface area (Å²) in [4.78, 5) is 88.4. The number of ketones is 1. The van der Waals surface area contributed by atoms with E-state index in [4.69, 9.17) is 19.3 Å². The molecule has 0 aliphatic carbocycles. The maximum Gasteiger partial charge on any atom is 0.329 e. The van der Waals surface area contributed by atoms with E-state index in [1.54, 1.807) is 21.1 Å². The first-order valence-corrected chi connectivity index (χ1v) is 25.5. The second-order valence-corrected chi connectivity index (χ2v) is 20.3. The number of likely N-dealkylation sites (tertiary alicyclic amines) is 1. The molecule has 10 atom stereocenters. The zero-order valence-corrected chi connectivity index (χ0v) is 43.7. The van der Waals surface area contributed by atoms with Crippen molar-refractivity contribution >= 4 is 46.3 Å². The smallest absolute Gasteiger partial charge is 0.329 e. The number of likely N-dealkylation sites (N-methyl/N-ethyl adjacent to an activating group) is 1. The summed E-state index contributed by atoms with van der Waals surface area (Å²) in [6, 6.07) is 14.5. The number of carboxylic acid groups (broad SMARTS) is 1. The van der Waals surface area contributed by atoms with Gasteiger partial charge in [-0.1, -0.05) is 110 Å². The number of benzene rings is 2. The van der Waals surface area contributed by atoms with Crippen LogP contribution in [0.5, 0.6) is 0 Å². The van der Waals surface area contributed by atoms with Gasteiger partial charge < -0.3 is 39.8 Å². The molecule has 70 heavy (non-hydrogen) atoms. The fourth-order valence-electron chi connectivity index (χ4n) is 10.3. The molecular weight excluding hydrogens is 891 g/mol. The Morgan fingerprint density at radius 1 is 0.871 bits per heavy atom. The van der Waals surface area contributed by atoms with E-state index < -0.39 is 54.2 Å². The standard InChI is InChI=1S/C55H83N5O10/c1-12-36(6)41(27-26-37(7)51(64)49(34(2)3)58-54(66)50(35(4)5)59(9)28-19-25-48(62)63)46(68-10)31-47(61)60-29-18-24-45(60)52(69-11)38(8)53(65)57-44(55(67)70-33-39-20-14-13-15-21-39)30-40-32-56-43-23-17-16-22-42(40)43/h13-17,20-23,32,34-38,41,44-46,49-50,52,56H,12,18-19,24-31,33H2,1-11H3,(H,57,65)(H,58,66)(H,62,63)/t36-,37?,38+,41-,44-,45-,46+,49-,50-,52+/m0/s1. The molecule has 2 heterocycles. The van der Waals surface area contributed by atoms with Gasteiger partial charge >= 0.3 is 11.9 Å². The van der Waals surface area contributed by atoms with Gasteiger partial charge in [-0.25, -0.2) is 4.79 Å². The number of aliphatic carboxylic acids is 1. The van der Waals surface area contributed by atoms with Crippen LogP contribution in [0.1, 0.15) is 118 Å². The molecule has 1 fully saturated rings. The lowest BCUT2D eigenvalue weighted by Crippen LogP contribution is -2.55. The lowest BCUT2D eigenvalue weighted by atomic mass is 9.79. The lowest BCUT2D eigenvalue weighted by Gasteiger charge is -2.36. The van der Waals surface area contributed by atoms with Gasteiger partial charge in [0.2, 0.25) is 17.7 Å². The first-order valence-electron chi connectivity index (χ1n) is 25.5. The minimum Gasteiger partial charge on any atom is -0.481 e. The van der Waals surface area contributed by atoms with Crippen LogP contribution in [-0.4, -0.2) is 126 Å². The van der Waals surface area contributed by atoms with Crippen molar-refractivity contribution in [1.82, 2.24) is 25.4 Å². The Labute approximate surface area is 416 Å². The molecule has 1 unspecified atom stereocenters. The van der Waals surface area contributed by atoms with Crippen LogP contribution in [0.25, 0.3) is 10.9 Å². The molecule has 0 bridgehead atoms. The number of nitrogens with one attached hydrogen (secondary N) is 3. The second-order valence-electron chi connectivity index (χ2n) is 20.3. The number of nitrogens with zero attached hydrogens (tertiary/aromatic N) is 2. The summed E-state index contributed by atoms with van der Waals surface area (Å²) in [6.07, 6.45) is 4.86. The summed E-state index contributed by atoms with van der Waals surface area (Å²) in [7, 11) is 4.98. The average molecular weight is 974 g/mol. The number of Topliss-reactive ketones (excluding diaryl/α,β-unsaturated/α-hetero) is 1. The van der Waals surface area contributed by atoms with E-state index >= 15 is 0 Å². The van der Waals surface area contributed by atoms with Crippen molar-refractivity contribution in [2.45, 2.75) is 156 Å². The average Bonchev–Trinajstić information content (AvgIpc) is 3.99. The number of aromatic amines is 1. The molecule has 2 aromatic carbocycles. The number of fused-ring (bicyclic) bond motifs is 1. The number of methoxy groups -OCH3 is 2. The highest BCUT2D eigenvalue weighted by molar-refractivity contribution is 5.92. The molecule has 0 saturated carbocycles. The van der Waals surface area contributed by atoms with Gasteiger partial charge in [0.05, 0.1) is 42.7 Å². The molecule has 388 valence electrons. The van der Waals surface area contributed by atoms with Gasteiger partial charge in [0.15, 0.2) is 5.78 Å². The summed E-state index contributed by atoms with van der Waals surface area (Å²) in [5.74, 6) is -3.46. The third-order valence-corrected chi connectivity index (χ3v) is 14.6. The Kier molecular flexibility index (Phi) is 23.0. The fraction of sp³-hybridized carbons (Fsp3) is 0.636. The van der Waals surface area contributed by atoms with Gasteiger partial charge in [0.1, 0.15) is 12.6 Å². The van der Waals surface area contributed by atoms with Crippen molar-refractivity contribution in [3.63, 3.8) is 0 Å². The molecule has 1 aliphatic rings. The van der Waals surface area contributed by atoms with Gasteiger partial charge in [-0.05, 0) is 86.6 Å². The van der Waals surface area contributed by atoms with Crippen LogP contribution in [0.2, 0.25) is 0 Å². The van der Waals surface area contributed by atoms with E-state index in [-0.39, 0.29) is 79.0 Å². The Bertz CT molecular complexity index is 2140. The molecule has 1 aromatic heterocycles. The third kappa shape index (κ3) is 15.9. The molecule has 4 N–H and O–H groups in total. The quantitative estimate of drug-likeness (QED) is 0.0481. The molecular formula is C55H83N5O10. The summed E-state index contributed by atoms with van der Waals surface area (Å²) in [5.41, 5.74) is 2.61. The van der Waals surface area contributed by atoms with E-state index in [0.717, 1.165) is 34.9 Å². The van der Waals surface area contributed by atoms with Crippen molar-refractivity contribution in [3.05, 3.63) is 71.9 Å². The Balaban J connectivity index is 1.43. The highest BCUT2D eigenvalue weighted by atomic mass is 16.5. The molecule has 3 aromatic rings.